The first kappa shape index (κ1) is 21.2. The number of nitrogens with zero attached hydrogens (tertiary/aromatic N) is 1. The second-order valence-electron chi connectivity index (χ2n) is 6.07. The van der Waals surface area contributed by atoms with Gasteiger partial charge in [-0.1, -0.05) is 0 Å². The number of nitro groups is 1. The highest BCUT2D eigenvalue weighted by Crippen LogP contribution is 2.17. The average molecular weight is 370 g/mol. The number of nitro benzene ring substituents is 1. The molecule has 0 aliphatic carbocycles. The van der Waals surface area contributed by atoms with Crippen LogP contribution in [0, 0.1) is 10.1 Å². The Kier molecular flexibility index (Phi) is 8.29. The summed E-state index contributed by atoms with van der Waals surface area (Å²) in [6.07, 6.45) is -1.49. The molecule has 0 aliphatic rings. The third-order valence-corrected chi connectivity index (χ3v) is 2.63. The van der Waals surface area contributed by atoms with E-state index in [0.29, 0.717) is 0 Å². The topological polar surface area (TPSA) is 126 Å². The van der Waals surface area contributed by atoms with Gasteiger partial charge >= 0.3 is 12.2 Å². The van der Waals surface area contributed by atoms with Gasteiger partial charge in [-0.05, 0) is 32.9 Å². The van der Waals surface area contributed by atoms with Crippen LogP contribution in [0.5, 0.6) is 5.75 Å². The van der Waals surface area contributed by atoms with Crippen molar-refractivity contribution in [1.82, 2.24) is 5.32 Å². The fourth-order valence-electron chi connectivity index (χ4n) is 1.58. The molecule has 0 spiro atoms. The van der Waals surface area contributed by atoms with Crippen molar-refractivity contribution in [2.45, 2.75) is 26.3 Å². The monoisotopic (exact) mass is 370 g/mol. The van der Waals surface area contributed by atoms with Crippen LogP contribution in [0.2, 0.25) is 0 Å². The Balaban J connectivity index is 2.09. The smallest absolute Gasteiger partial charge is 0.447 e. The van der Waals surface area contributed by atoms with Gasteiger partial charge in [0.25, 0.3) is 5.69 Å². The second kappa shape index (κ2) is 10.2. The normalized spacial score (nSPS) is 10.7. The van der Waals surface area contributed by atoms with Crippen molar-refractivity contribution in [3.8, 4) is 5.75 Å². The highest BCUT2D eigenvalue weighted by molar-refractivity contribution is 5.68. The molecule has 0 saturated carbocycles. The maximum absolute atomic E-state index is 11.4. The second-order valence-corrected chi connectivity index (χ2v) is 6.07. The third kappa shape index (κ3) is 9.42. The van der Waals surface area contributed by atoms with Crippen molar-refractivity contribution in [3.05, 3.63) is 34.4 Å². The number of benzene rings is 1. The molecule has 0 radical (unpaired) electrons. The molecule has 0 saturated heterocycles. The fraction of sp³-hybridized carbons (Fsp3) is 0.500. The minimum atomic E-state index is -0.955. The van der Waals surface area contributed by atoms with Crippen LogP contribution in [-0.2, 0) is 14.2 Å². The lowest BCUT2D eigenvalue weighted by atomic mass is 10.1. The minimum absolute atomic E-state index is 0.0556. The van der Waals surface area contributed by atoms with E-state index in [2.05, 4.69) is 5.32 Å². The van der Waals surface area contributed by atoms with Gasteiger partial charge < -0.3 is 24.3 Å². The Hall–Kier alpha value is -2.88. The molecule has 26 heavy (non-hydrogen) atoms. The summed E-state index contributed by atoms with van der Waals surface area (Å²) in [5, 5.41) is 13.1. The molecule has 1 N–H and O–H groups in total. The summed E-state index contributed by atoms with van der Waals surface area (Å²) < 4.78 is 19.7. The molecule has 1 amide bonds. The van der Waals surface area contributed by atoms with Crippen molar-refractivity contribution in [2.24, 2.45) is 0 Å². The summed E-state index contributed by atoms with van der Waals surface area (Å²) in [5.74, 6) is 0.125. The molecule has 1 aromatic rings. The van der Waals surface area contributed by atoms with Crippen LogP contribution in [0.25, 0.3) is 0 Å². The molecular formula is C16H22N2O8. The molecule has 0 aliphatic heterocycles. The van der Waals surface area contributed by atoms with Crippen LogP contribution in [0.1, 0.15) is 20.8 Å². The summed E-state index contributed by atoms with van der Waals surface area (Å²) >= 11 is 0. The van der Waals surface area contributed by atoms with E-state index in [0.717, 1.165) is 0 Å². The van der Waals surface area contributed by atoms with Crippen LogP contribution in [0.15, 0.2) is 24.3 Å². The van der Waals surface area contributed by atoms with Crippen LogP contribution >= 0.6 is 0 Å². The van der Waals surface area contributed by atoms with E-state index < -0.39 is 17.2 Å². The summed E-state index contributed by atoms with van der Waals surface area (Å²) in [7, 11) is 0. The molecule has 0 atom stereocenters. The van der Waals surface area contributed by atoms with Gasteiger partial charge in [0, 0.05) is 17.7 Å². The predicted octanol–water partition coefficient (Wildman–Crippen LogP) is 2.65. The number of carbonyl (C=O) groups is 2. The van der Waals surface area contributed by atoms with Crippen molar-refractivity contribution < 1.29 is 33.5 Å². The fourth-order valence-corrected chi connectivity index (χ4v) is 1.58. The average Bonchev–Trinajstić information content (AvgIpc) is 2.52. The van der Waals surface area contributed by atoms with Crippen LogP contribution in [0.3, 0.4) is 0 Å². The SMILES string of the molecule is CC(C)(C)NC(=O)OCCOCCOC(=O)Oc1ccc([N+](=O)[O-])cc1. The maximum Gasteiger partial charge on any atom is 0.513 e. The first-order valence-corrected chi connectivity index (χ1v) is 7.79. The number of amides is 1. The van der Waals surface area contributed by atoms with Gasteiger partial charge in [-0.2, -0.15) is 0 Å². The Morgan fingerprint density at radius 1 is 1.04 bits per heavy atom. The van der Waals surface area contributed by atoms with Gasteiger partial charge in [-0.3, -0.25) is 10.1 Å². The first-order chi connectivity index (χ1) is 12.2. The Morgan fingerprint density at radius 2 is 1.62 bits per heavy atom. The van der Waals surface area contributed by atoms with E-state index in [4.69, 9.17) is 18.9 Å². The lowest BCUT2D eigenvalue weighted by Gasteiger charge is -2.19. The number of hydrogen-bond acceptors (Lipinski definition) is 8. The van der Waals surface area contributed by atoms with Crippen LogP contribution in [0.4, 0.5) is 15.3 Å². The van der Waals surface area contributed by atoms with Gasteiger partial charge in [-0.25, -0.2) is 9.59 Å². The molecule has 0 unspecified atom stereocenters. The number of non-ortho nitro benzene ring substituents is 1. The van der Waals surface area contributed by atoms with Gasteiger partial charge in [0.05, 0.1) is 18.1 Å². The summed E-state index contributed by atoms with van der Waals surface area (Å²) in [5.41, 5.74) is -0.493. The van der Waals surface area contributed by atoms with Gasteiger partial charge in [0.15, 0.2) is 0 Å². The molecule has 0 fully saturated rings. The van der Waals surface area contributed by atoms with E-state index in [9.17, 15) is 19.7 Å². The Morgan fingerprint density at radius 3 is 2.15 bits per heavy atom. The Bertz CT molecular complexity index is 610. The zero-order valence-corrected chi connectivity index (χ0v) is 14.9. The Labute approximate surface area is 150 Å². The summed E-state index contributed by atoms with van der Waals surface area (Å²) in [6, 6.07) is 4.99. The highest BCUT2D eigenvalue weighted by atomic mass is 16.7. The van der Waals surface area contributed by atoms with Crippen LogP contribution in [-0.4, -0.2) is 49.1 Å². The van der Waals surface area contributed by atoms with Crippen molar-refractivity contribution >= 4 is 17.9 Å². The van der Waals surface area contributed by atoms with Crippen molar-refractivity contribution in [3.63, 3.8) is 0 Å². The zero-order valence-electron chi connectivity index (χ0n) is 14.9. The molecule has 1 aromatic carbocycles. The molecule has 144 valence electrons. The number of ether oxygens (including phenoxy) is 4. The maximum atomic E-state index is 11.4. The van der Waals surface area contributed by atoms with Gasteiger partial charge in [0.1, 0.15) is 19.0 Å². The summed E-state index contributed by atoms with van der Waals surface area (Å²) in [4.78, 5) is 32.7. The molecule has 0 heterocycles. The van der Waals surface area contributed by atoms with Crippen LogP contribution < -0.4 is 10.1 Å². The molecular weight excluding hydrogens is 348 g/mol. The minimum Gasteiger partial charge on any atom is -0.447 e. The number of hydrogen-bond donors (Lipinski definition) is 1. The molecule has 0 aromatic heterocycles. The number of alkyl carbamates (subject to hydrolysis) is 1. The number of nitrogens with one attached hydrogen (secondary N) is 1. The molecule has 0 bridgehead atoms. The van der Waals surface area contributed by atoms with E-state index in [-0.39, 0.29) is 43.4 Å². The van der Waals surface area contributed by atoms with Gasteiger partial charge in [-0.15, -0.1) is 0 Å². The van der Waals surface area contributed by atoms with Crippen molar-refractivity contribution in [1.29, 1.82) is 0 Å². The van der Waals surface area contributed by atoms with Crippen molar-refractivity contribution in [2.75, 3.05) is 26.4 Å². The lowest BCUT2D eigenvalue weighted by molar-refractivity contribution is -0.384. The largest absolute Gasteiger partial charge is 0.513 e. The van der Waals surface area contributed by atoms with E-state index in [1.54, 1.807) is 0 Å². The number of carbonyl (C=O) groups excluding carboxylic acids is 2. The lowest BCUT2D eigenvalue weighted by Crippen LogP contribution is -2.41. The zero-order chi connectivity index (χ0) is 19.6. The quantitative estimate of drug-likeness (QED) is 0.243. The summed E-state index contributed by atoms with van der Waals surface area (Å²) in [6.45, 7) is 5.75. The third-order valence-electron chi connectivity index (χ3n) is 2.63. The predicted molar refractivity (Wildman–Crippen MR) is 90.1 cm³/mol. The van der Waals surface area contributed by atoms with E-state index in [1.807, 2.05) is 20.8 Å². The highest BCUT2D eigenvalue weighted by Gasteiger charge is 2.14. The van der Waals surface area contributed by atoms with Gasteiger partial charge in [0.2, 0.25) is 0 Å². The first-order valence-electron chi connectivity index (χ1n) is 7.79. The molecule has 10 nitrogen and oxygen atoms in total. The molecule has 1 rings (SSSR count). The molecule has 10 heteroatoms. The van der Waals surface area contributed by atoms with E-state index in [1.165, 1.54) is 24.3 Å². The standard InChI is InChI=1S/C16H22N2O8/c1-16(2,3)17-14(19)24-10-8-23-9-11-25-15(20)26-13-6-4-12(5-7-13)18(21)22/h4-7H,8-11H2,1-3H3,(H,17,19). The number of rotatable bonds is 8. The van der Waals surface area contributed by atoms with E-state index >= 15 is 0 Å².